The molecular weight excluding hydrogens is 307 g/mol. The fourth-order valence-electron chi connectivity index (χ4n) is 2.00. The maximum atomic E-state index is 6.16. The van der Waals surface area contributed by atoms with Crippen LogP contribution < -0.4 is 0 Å². The molecule has 0 N–H and O–H groups in total. The Morgan fingerprint density at radius 3 is 2.48 bits per heavy atom. The Labute approximate surface area is 132 Å². The molecule has 1 aromatic heterocycles. The number of hydrogen-bond donors (Lipinski definition) is 0. The van der Waals surface area contributed by atoms with Crippen LogP contribution in [0.2, 0.25) is 10.0 Å². The number of hydrogen-bond acceptors (Lipinski definition) is 3. The molecule has 5 heteroatoms. The Balaban J connectivity index is 2.01. The monoisotopic (exact) mass is 318 g/mol. The van der Waals surface area contributed by atoms with Crippen molar-refractivity contribution in [2.24, 2.45) is 0 Å². The van der Waals surface area contributed by atoms with E-state index in [2.05, 4.69) is 17.1 Å². The summed E-state index contributed by atoms with van der Waals surface area (Å²) < 4.78 is 5.33. The average Bonchev–Trinajstić information content (AvgIpc) is 2.91. The Hall–Kier alpha value is -1.84. The molecule has 0 saturated carbocycles. The van der Waals surface area contributed by atoms with Crippen LogP contribution in [0, 0.1) is 13.8 Å². The summed E-state index contributed by atoms with van der Waals surface area (Å²) in [5.74, 6) is 0.920. The molecule has 3 nitrogen and oxygen atoms in total. The lowest BCUT2D eigenvalue weighted by molar-refractivity contribution is 0.432. The lowest BCUT2D eigenvalue weighted by Gasteiger charge is -2.00. The van der Waals surface area contributed by atoms with Gasteiger partial charge >= 0.3 is 0 Å². The minimum absolute atomic E-state index is 0.449. The molecule has 0 radical (unpaired) electrons. The third-order valence-corrected chi connectivity index (χ3v) is 3.90. The number of aromatic nitrogens is 2. The Morgan fingerprint density at radius 1 is 0.952 bits per heavy atom. The van der Waals surface area contributed by atoms with E-state index in [1.807, 2.05) is 25.1 Å². The predicted octanol–water partition coefficient (Wildman–Crippen LogP) is 5.33. The molecule has 0 spiro atoms. The largest absolute Gasteiger partial charge is 0.334 e. The minimum atomic E-state index is 0.449. The van der Waals surface area contributed by atoms with Crippen molar-refractivity contribution in [3.8, 4) is 22.8 Å². The van der Waals surface area contributed by atoms with E-state index in [9.17, 15) is 0 Å². The van der Waals surface area contributed by atoms with E-state index in [0.717, 1.165) is 5.56 Å². The molecule has 106 valence electrons. The molecule has 0 aliphatic heterocycles. The van der Waals surface area contributed by atoms with E-state index in [4.69, 9.17) is 27.7 Å². The number of aryl methyl sites for hydroxylation is 2. The zero-order chi connectivity index (χ0) is 15.0. The first kappa shape index (κ1) is 14.1. The van der Waals surface area contributed by atoms with Crippen LogP contribution in [0.4, 0.5) is 0 Å². The Morgan fingerprint density at radius 2 is 1.76 bits per heavy atom. The van der Waals surface area contributed by atoms with E-state index in [-0.39, 0.29) is 0 Å². The number of halogens is 2. The lowest BCUT2D eigenvalue weighted by Crippen LogP contribution is -1.85. The predicted molar refractivity (Wildman–Crippen MR) is 84.7 cm³/mol. The van der Waals surface area contributed by atoms with Gasteiger partial charge < -0.3 is 4.52 Å². The summed E-state index contributed by atoms with van der Waals surface area (Å²) in [5.41, 5.74) is 3.98. The smallest absolute Gasteiger partial charge is 0.258 e. The molecule has 0 aliphatic carbocycles. The molecule has 0 atom stereocenters. The standard InChI is InChI=1S/C16H12Cl2N2O/c1-9-3-4-11(7-10(9)2)16-19-15(20-21-16)13-6-5-12(17)8-14(13)18/h3-8H,1-2H3. The average molecular weight is 319 g/mol. The van der Waals surface area contributed by atoms with Gasteiger partial charge in [0.1, 0.15) is 0 Å². The molecule has 0 saturated heterocycles. The maximum absolute atomic E-state index is 6.16. The first-order valence-electron chi connectivity index (χ1n) is 6.41. The van der Waals surface area contributed by atoms with E-state index in [0.29, 0.717) is 27.3 Å². The molecule has 21 heavy (non-hydrogen) atoms. The highest BCUT2D eigenvalue weighted by Crippen LogP contribution is 2.30. The SMILES string of the molecule is Cc1ccc(-c2nc(-c3ccc(Cl)cc3Cl)no2)cc1C. The van der Waals surface area contributed by atoms with E-state index >= 15 is 0 Å². The van der Waals surface area contributed by atoms with Crippen LogP contribution in [-0.2, 0) is 0 Å². The van der Waals surface area contributed by atoms with Gasteiger partial charge in [-0.05, 0) is 55.3 Å². The highest BCUT2D eigenvalue weighted by atomic mass is 35.5. The summed E-state index contributed by atoms with van der Waals surface area (Å²) in [4.78, 5) is 4.41. The van der Waals surface area contributed by atoms with Crippen molar-refractivity contribution >= 4 is 23.2 Å². The first-order valence-corrected chi connectivity index (χ1v) is 7.17. The lowest BCUT2D eigenvalue weighted by atomic mass is 10.1. The van der Waals surface area contributed by atoms with Crippen molar-refractivity contribution in [1.82, 2.24) is 10.1 Å². The highest BCUT2D eigenvalue weighted by molar-refractivity contribution is 6.36. The van der Waals surface area contributed by atoms with Crippen LogP contribution in [0.15, 0.2) is 40.9 Å². The molecule has 0 aliphatic rings. The van der Waals surface area contributed by atoms with Crippen molar-refractivity contribution < 1.29 is 4.52 Å². The van der Waals surface area contributed by atoms with Gasteiger partial charge in [0, 0.05) is 16.1 Å². The summed E-state index contributed by atoms with van der Waals surface area (Å²) >= 11 is 12.0. The zero-order valence-electron chi connectivity index (χ0n) is 11.5. The van der Waals surface area contributed by atoms with Gasteiger partial charge in [0.2, 0.25) is 5.82 Å². The summed E-state index contributed by atoms with van der Waals surface area (Å²) in [5, 5.41) is 5.06. The van der Waals surface area contributed by atoms with Gasteiger partial charge in [0.05, 0.1) is 5.02 Å². The molecule has 0 fully saturated rings. The van der Waals surface area contributed by atoms with Gasteiger partial charge in [-0.15, -0.1) is 0 Å². The minimum Gasteiger partial charge on any atom is -0.334 e. The van der Waals surface area contributed by atoms with Crippen molar-refractivity contribution in [1.29, 1.82) is 0 Å². The summed E-state index contributed by atoms with van der Waals surface area (Å²) in [6.45, 7) is 4.11. The second kappa shape index (κ2) is 5.51. The third-order valence-electron chi connectivity index (χ3n) is 3.35. The van der Waals surface area contributed by atoms with Crippen LogP contribution in [-0.4, -0.2) is 10.1 Å². The van der Waals surface area contributed by atoms with Crippen molar-refractivity contribution in [2.75, 3.05) is 0 Å². The molecule has 3 rings (SSSR count). The molecule has 0 unspecified atom stereocenters. The fraction of sp³-hybridized carbons (Fsp3) is 0.125. The molecular formula is C16H12Cl2N2O. The van der Waals surface area contributed by atoms with Crippen molar-refractivity contribution in [2.45, 2.75) is 13.8 Å². The van der Waals surface area contributed by atoms with Crippen molar-refractivity contribution in [3.05, 3.63) is 57.6 Å². The van der Waals surface area contributed by atoms with Crippen LogP contribution >= 0.6 is 23.2 Å². The quantitative estimate of drug-likeness (QED) is 0.641. The zero-order valence-corrected chi connectivity index (χ0v) is 13.0. The van der Waals surface area contributed by atoms with Gasteiger partial charge in [0.25, 0.3) is 5.89 Å². The van der Waals surface area contributed by atoms with Gasteiger partial charge in [0.15, 0.2) is 0 Å². The summed E-state index contributed by atoms with van der Waals surface area (Å²) in [6, 6.07) is 11.2. The first-order chi connectivity index (χ1) is 10.0. The van der Waals surface area contributed by atoms with Crippen molar-refractivity contribution in [3.63, 3.8) is 0 Å². The van der Waals surface area contributed by atoms with E-state index in [1.165, 1.54) is 11.1 Å². The second-order valence-electron chi connectivity index (χ2n) is 4.85. The molecule has 1 heterocycles. The summed E-state index contributed by atoms with van der Waals surface area (Å²) in [6.07, 6.45) is 0. The number of benzene rings is 2. The van der Waals surface area contributed by atoms with Gasteiger partial charge in [-0.1, -0.05) is 34.4 Å². The normalized spacial score (nSPS) is 10.9. The fourth-order valence-corrected chi connectivity index (χ4v) is 2.49. The number of rotatable bonds is 2. The van der Waals surface area contributed by atoms with Gasteiger partial charge in [-0.2, -0.15) is 4.98 Å². The molecule has 2 aromatic carbocycles. The topological polar surface area (TPSA) is 38.9 Å². The van der Waals surface area contributed by atoms with Gasteiger partial charge in [-0.3, -0.25) is 0 Å². The second-order valence-corrected chi connectivity index (χ2v) is 5.69. The van der Waals surface area contributed by atoms with Crippen LogP contribution in [0.5, 0.6) is 0 Å². The summed E-state index contributed by atoms with van der Waals surface area (Å²) in [7, 11) is 0. The Kier molecular flexibility index (Phi) is 3.70. The molecule has 0 amide bonds. The van der Waals surface area contributed by atoms with E-state index < -0.39 is 0 Å². The molecule has 0 bridgehead atoms. The van der Waals surface area contributed by atoms with Crippen LogP contribution in [0.3, 0.4) is 0 Å². The third kappa shape index (κ3) is 2.80. The Bertz CT molecular complexity index is 812. The van der Waals surface area contributed by atoms with E-state index in [1.54, 1.807) is 18.2 Å². The van der Waals surface area contributed by atoms with Gasteiger partial charge in [-0.25, -0.2) is 0 Å². The molecule has 3 aromatic rings. The van der Waals surface area contributed by atoms with Crippen LogP contribution in [0.1, 0.15) is 11.1 Å². The highest BCUT2D eigenvalue weighted by Gasteiger charge is 2.13. The van der Waals surface area contributed by atoms with Crippen LogP contribution in [0.25, 0.3) is 22.8 Å². The maximum Gasteiger partial charge on any atom is 0.258 e. The number of nitrogens with zero attached hydrogens (tertiary/aromatic N) is 2.